The minimum absolute atomic E-state index is 0.315. The number of allylic oxidation sites excluding steroid dienone is 1. The maximum atomic E-state index is 10.9. The molecule has 13 heavy (non-hydrogen) atoms. The maximum Gasteiger partial charge on any atom is 0.332 e. The third-order valence-corrected chi connectivity index (χ3v) is 1.33. The summed E-state index contributed by atoms with van der Waals surface area (Å²) in [4.78, 5) is 10.9. The van der Waals surface area contributed by atoms with Crippen molar-refractivity contribution in [2.24, 2.45) is 0 Å². The highest BCUT2D eigenvalue weighted by atomic mass is 16.5. The first-order chi connectivity index (χ1) is 6.20. The summed E-state index contributed by atoms with van der Waals surface area (Å²) in [6.07, 6.45) is 1.43. The molecule has 1 N–H and O–H groups in total. The Labute approximate surface area is 78.9 Å². The molecule has 0 unspecified atom stereocenters. The number of ether oxygens (including phenoxy) is 2. The zero-order chi connectivity index (χ0) is 10.1. The fraction of sp³-hybridized carbons (Fsp3) is 0.667. The van der Waals surface area contributed by atoms with E-state index in [0.29, 0.717) is 19.8 Å². The largest absolute Gasteiger partial charge is 0.463 e. The van der Waals surface area contributed by atoms with Crippen LogP contribution < -0.4 is 5.32 Å². The number of methoxy groups -OCH3 is 1. The van der Waals surface area contributed by atoms with Crippen LogP contribution >= 0.6 is 0 Å². The van der Waals surface area contributed by atoms with E-state index in [9.17, 15) is 4.79 Å². The second kappa shape index (κ2) is 7.61. The number of carbonyl (C=O) groups excluding carboxylic acids is 1. The van der Waals surface area contributed by atoms with Crippen LogP contribution in [0.15, 0.2) is 11.8 Å². The standard InChI is InChI=1S/C9H17NO3/c1-4-13-9(11)7-8(2)10-5-6-12-3/h7,10H,4-6H2,1-3H3. The van der Waals surface area contributed by atoms with Crippen molar-refractivity contribution in [1.82, 2.24) is 5.32 Å². The van der Waals surface area contributed by atoms with Crippen molar-refractivity contribution >= 4 is 5.97 Å². The molecule has 4 heteroatoms. The highest BCUT2D eigenvalue weighted by Crippen LogP contribution is 1.88. The lowest BCUT2D eigenvalue weighted by Crippen LogP contribution is -2.18. The molecule has 0 radical (unpaired) electrons. The number of hydrogen-bond donors (Lipinski definition) is 1. The quantitative estimate of drug-likeness (QED) is 0.377. The van der Waals surface area contributed by atoms with Gasteiger partial charge in [-0.05, 0) is 13.8 Å². The Balaban J connectivity index is 3.67. The fourth-order valence-corrected chi connectivity index (χ4v) is 0.762. The van der Waals surface area contributed by atoms with Crippen LogP contribution in [0.25, 0.3) is 0 Å². The van der Waals surface area contributed by atoms with Crippen LogP contribution in [0.1, 0.15) is 13.8 Å². The van der Waals surface area contributed by atoms with E-state index in [1.54, 1.807) is 14.0 Å². The normalized spacial score (nSPS) is 11.2. The molecule has 0 aromatic rings. The molecule has 76 valence electrons. The Morgan fingerprint density at radius 1 is 1.54 bits per heavy atom. The van der Waals surface area contributed by atoms with Gasteiger partial charge in [-0.2, -0.15) is 0 Å². The summed E-state index contributed by atoms with van der Waals surface area (Å²) in [5.74, 6) is -0.315. The Kier molecular flexibility index (Phi) is 7.01. The number of esters is 1. The molecule has 4 nitrogen and oxygen atoms in total. The number of carbonyl (C=O) groups is 1. The van der Waals surface area contributed by atoms with Crippen LogP contribution in [0.4, 0.5) is 0 Å². The maximum absolute atomic E-state index is 10.9. The average Bonchev–Trinajstić information content (AvgIpc) is 2.05. The average molecular weight is 187 g/mol. The molecule has 0 aromatic carbocycles. The SMILES string of the molecule is CCOC(=O)C=C(C)NCCOC. The first-order valence-electron chi connectivity index (χ1n) is 4.28. The third kappa shape index (κ3) is 7.33. The van der Waals surface area contributed by atoms with Gasteiger partial charge < -0.3 is 14.8 Å². The molecule has 0 aliphatic carbocycles. The van der Waals surface area contributed by atoms with Crippen LogP contribution in [0.2, 0.25) is 0 Å². The molecule has 0 aromatic heterocycles. The predicted octanol–water partition coefficient (Wildman–Crippen LogP) is 0.689. The van der Waals surface area contributed by atoms with E-state index in [2.05, 4.69) is 5.32 Å². The van der Waals surface area contributed by atoms with Gasteiger partial charge in [0.15, 0.2) is 0 Å². The van der Waals surface area contributed by atoms with Crippen molar-refractivity contribution in [2.45, 2.75) is 13.8 Å². The second-order valence-corrected chi connectivity index (χ2v) is 2.50. The molecule has 0 saturated carbocycles. The van der Waals surface area contributed by atoms with Crippen molar-refractivity contribution in [1.29, 1.82) is 0 Å². The van der Waals surface area contributed by atoms with Gasteiger partial charge >= 0.3 is 5.97 Å². The summed E-state index contributed by atoms with van der Waals surface area (Å²) in [6.45, 7) is 5.30. The van der Waals surface area contributed by atoms with Gasteiger partial charge in [-0.1, -0.05) is 0 Å². The highest BCUT2D eigenvalue weighted by Gasteiger charge is 1.96. The Morgan fingerprint density at radius 2 is 2.23 bits per heavy atom. The van der Waals surface area contributed by atoms with E-state index in [4.69, 9.17) is 9.47 Å². The second-order valence-electron chi connectivity index (χ2n) is 2.50. The zero-order valence-electron chi connectivity index (χ0n) is 8.42. The minimum atomic E-state index is -0.315. The third-order valence-electron chi connectivity index (χ3n) is 1.33. The lowest BCUT2D eigenvalue weighted by atomic mass is 10.4. The van der Waals surface area contributed by atoms with Crippen LogP contribution in [-0.2, 0) is 14.3 Å². The summed E-state index contributed by atoms with van der Waals surface area (Å²) in [5.41, 5.74) is 0.788. The molecular weight excluding hydrogens is 170 g/mol. The van der Waals surface area contributed by atoms with E-state index in [1.165, 1.54) is 6.08 Å². The van der Waals surface area contributed by atoms with Gasteiger partial charge in [0.2, 0.25) is 0 Å². The van der Waals surface area contributed by atoms with Crippen molar-refractivity contribution in [3.05, 3.63) is 11.8 Å². The molecule has 0 heterocycles. The van der Waals surface area contributed by atoms with Crippen molar-refractivity contribution < 1.29 is 14.3 Å². The smallest absolute Gasteiger partial charge is 0.332 e. The van der Waals surface area contributed by atoms with Crippen LogP contribution in [0.5, 0.6) is 0 Å². The van der Waals surface area contributed by atoms with Gasteiger partial charge in [0, 0.05) is 25.4 Å². The molecule has 0 rings (SSSR count). The van der Waals surface area contributed by atoms with E-state index in [0.717, 1.165) is 5.70 Å². The summed E-state index contributed by atoms with van der Waals surface area (Å²) < 4.78 is 9.57. The fourth-order valence-electron chi connectivity index (χ4n) is 0.762. The summed E-state index contributed by atoms with van der Waals surface area (Å²) in [5, 5.41) is 3.01. The summed E-state index contributed by atoms with van der Waals surface area (Å²) >= 11 is 0. The van der Waals surface area contributed by atoms with Gasteiger partial charge in [-0.15, -0.1) is 0 Å². The van der Waals surface area contributed by atoms with Gasteiger partial charge in [0.1, 0.15) is 0 Å². The van der Waals surface area contributed by atoms with Crippen LogP contribution in [0, 0.1) is 0 Å². The lowest BCUT2D eigenvalue weighted by molar-refractivity contribution is -0.137. The van der Waals surface area contributed by atoms with Crippen molar-refractivity contribution in [2.75, 3.05) is 26.9 Å². The Hall–Kier alpha value is -1.03. The molecule has 0 bridgehead atoms. The van der Waals surface area contributed by atoms with Crippen LogP contribution in [-0.4, -0.2) is 32.8 Å². The number of nitrogens with one attached hydrogen (secondary N) is 1. The zero-order valence-corrected chi connectivity index (χ0v) is 8.42. The Bertz CT molecular complexity index is 178. The number of hydrogen-bond acceptors (Lipinski definition) is 4. The molecule has 0 spiro atoms. The molecule has 0 aliphatic heterocycles. The summed E-state index contributed by atoms with van der Waals surface area (Å²) in [6, 6.07) is 0. The van der Waals surface area contributed by atoms with Gasteiger partial charge in [0.25, 0.3) is 0 Å². The van der Waals surface area contributed by atoms with Crippen molar-refractivity contribution in [3.8, 4) is 0 Å². The number of rotatable bonds is 6. The minimum Gasteiger partial charge on any atom is -0.463 e. The molecule has 0 atom stereocenters. The topological polar surface area (TPSA) is 47.6 Å². The molecular formula is C9H17NO3. The van der Waals surface area contributed by atoms with Gasteiger partial charge in [-0.25, -0.2) is 4.79 Å². The predicted molar refractivity (Wildman–Crippen MR) is 50.3 cm³/mol. The van der Waals surface area contributed by atoms with E-state index < -0.39 is 0 Å². The highest BCUT2D eigenvalue weighted by molar-refractivity contribution is 5.82. The molecule has 0 saturated heterocycles. The summed E-state index contributed by atoms with van der Waals surface area (Å²) in [7, 11) is 1.63. The first-order valence-corrected chi connectivity index (χ1v) is 4.28. The lowest BCUT2D eigenvalue weighted by Gasteiger charge is -2.04. The van der Waals surface area contributed by atoms with Crippen LogP contribution in [0.3, 0.4) is 0 Å². The van der Waals surface area contributed by atoms with E-state index in [-0.39, 0.29) is 5.97 Å². The van der Waals surface area contributed by atoms with Crippen molar-refractivity contribution in [3.63, 3.8) is 0 Å². The van der Waals surface area contributed by atoms with Gasteiger partial charge in [0.05, 0.1) is 13.2 Å². The molecule has 0 amide bonds. The monoisotopic (exact) mass is 187 g/mol. The molecule has 0 aliphatic rings. The van der Waals surface area contributed by atoms with Gasteiger partial charge in [-0.3, -0.25) is 0 Å². The van der Waals surface area contributed by atoms with E-state index >= 15 is 0 Å². The molecule has 0 fully saturated rings. The van der Waals surface area contributed by atoms with E-state index in [1.807, 2.05) is 6.92 Å². The first kappa shape index (κ1) is 12.0. The Morgan fingerprint density at radius 3 is 2.77 bits per heavy atom.